The smallest absolute Gasteiger partial charge is 0.253 e. The van der Waals surface area contributed by atoms with Crippen LogP contribution in [0.3, 0.4) is 0 Å². The molecule has 1 fully saturated rings. The number of likely N-dealkylation sites (N-methyl/N-ethyl adjacent to an activating group) is 1. The van der Waals surface area contributed by atoms with Crippen molar-refractivity contribution in [3.8, 4) is 5.75 Å². The average molecular weight is 370 g/mol. The van der Waals surface area contributed by atoms with Gasteiger partial charge in [0.05, 0.1) is 7.11 Å². The van der Waals surface area contributed by atoms with Crippen LogP contribution in [0, 0.1) is 0 Å². The molecule has 7 nitrogen and oxygen atoms in total. The number of piperazine rings is 1. The van der Waals surface area contributed by atoms with Crippen molar-refractivity contribution in [3.63, 3.8) is 0 Å². The van der Waals surface area contributed by atoms with Crippen LogP contribution >= 0.6 is 0 Å². The third-order valence-corrected chi connectivity index (χ3v) is 4.80. The summed E-state index contributed by atoms with van der Waals surface area (Å²) in [5, 5.41) is 13.1. The van der Waals surface area contributed by atoms with Gasteiger partial charge in [0.15, 0.2) is 6.10 Å². The first kappa shape index (κ1) is 19.1. The van der Waals surface area contributed by atoms with Crippen molar-refractivity contribution in [3.05, 3.63) is 53.7 Å². The highest BCUT2D eigenvalue weighted by Gasteiger charge is 2.20. The third-order valence-electron chi connectivity index (χ3n) is 4.80. The van der Waals surface area contributed by atoms with Crippen molar-refractivity contribution in [1.29, 1.82) is 0 Å². The molecule has 27 heavy (non-hydrogen) atoms. The minimum absolute atomic E-state index is 0.321. The number of aliphatic hydroxyl groups excluding tert-OH is 1. The van der Waals surface area contributed by atoms with E-state index >= 15 is 0 Å². The maximum Gasteiger partial charge on any atom is 0.253 e. The first-order valence-corrected chi connectivity index (χ1v) is 9.05. The lowest BCUT2D eigenvalue weighted by Gasteiger charge is -2.34. The van der Waals surface area contributed by atoms with Crippen molar-refractivity contribution in [2.24, 2.45) is 0 Å². The van der Waals surface area contributed by atoms with Crippen LogP contribution in [0.2, 0.25) is 0 Å². The van der Waals surface area contributed by atoms with Gasteiger partial charge in [-0.3, -0.25) is 4.79 Å². The van der Waals surface area contributed by atoms with E-state index in [-0.39, 0.29) is 0 Å². The van der Waals surface area contributed by atoms with E-state index in [0.29, 0.717) is 17.9 Å². The maximum absolute atomic E-state index is 12.4. The molecule has 2 N–H and O–H groups in total. The zero-order chi connectivity index (χ0) is 19.2. The second-order valence-corrected chi connectivity index (χ2v) is 6.67. The standard InChI is InChI=1S/C20H26N4O3/c1-23-10-12-24(13-11-23)19-16(4-3-9-21-19)14-22-20(26)18(25)15-5-7-17(27-2)8-6-15/h3-9,18,25H,10-14H2,1-2H3,(H,22,26)/t18-/m1/s1. The van der Waals surface area contributed by atoms with E-state index in [1.165, 1.54) is 0 Å². The molecule has 144 valence electrons. The van der Waals surface area contributed by atoms with Crippen LogP contribution in [-0.2, 0) is 11.3 Å². The number of anilines is 1. The molecule has 0 aliphatic carbocycles. The van der Waals surface area contributed by atoms with Crippen molar-refractivity contribution < 1.29 is 14.6 Å². The van der Waals surface area contributed by atoms with Crippen LogP contribution in [0.5, 0.6) is 5.75 Å². The number of nitrogens with zero attached hydrogens (tertiary/aromatic N) is 3. The fourth-order valence-corrected chi connectivity index (χ4v) is 3.09. The highest BCUT2D eigenvalue weighted by Crippen LogP contribution is 2.20. The minimum Gasteiger partial charge on any atom is -0.497 e. The van der Waals surface area contributed by atoms with Crippen molar-refractivity contribution in [1.82, 2.24) is 15.2 Å². The average Bonchev–Trinajstić information content (AvgIpc) is 2.72. The Bertz CT molecular complexity index is 758. The zero-order valence-electron chi connectivity index (χ0n) is 15.8. The van der Waals surface area contributed by atoms with E-state index < -0.39 is 12.0 Å². The monoisotopic (exact) mass is 370 g/mol. The van der Waals surface area contributed by atoms with Gasteiger partial charge in [-0.2, -0.15) is 0 Å². The maximum atomic E-state index is 12.4. The summed E-state index contributed by atoms with van der Waals surface area (Å²) in [5.74, 6) is 1.14. The van der Waals surface area contributed by atoms with Crippen LogP contribution in [0.1, 0.15) is 17.2 Å². The lowest BCUT2D eigenvalue weighted by Crippen LogP contribution is -2.45. The van der Waals surface area contributed by atoms with E-state index in [4.69, 9.17) is 4.74 Å². The highest BCUT2D eigenvalue weighted by molar-refractivity contribution is 5.82. The summed E-state index contributed by atoms with van der Waals surface area (Å²) in [6.07, 6.45) is 0.546. The molecule has 1 saturated heterocycles. The number of aliphatic hydroxyl groups is 1. The van der Waals surface area contributed by atoms with Gasteiger partial charge in [0.2, 0.25) is 0 Å². The summed E-state index contributed by atoms with van der Waals surface area (Å²) < 4.78 is 5.10. The lowest BCUT2D eigenvalue weighted by atomic mass is 10.1. The Morgan fingerprint density at radius 1 is 1.22 bits per heavy atom. The second-order valence-electron chi connectivity index (χ2n) is 6.67. The van der Waals surface area contributed by atoms with E-state index in [0.717, 1.165) is 37.6 Å². The van der Waals surface area contributed by atoms with Crippen LogP contribution in [0.15, 0.2) is 42.6 Å². The molecule has 1 aliphatic rings. The van der Waals surface area contributed by atoms with E-state index in [1.54, 1.807) is 37.6 Å². The quantitative estimate of drug-likeness (QED) is 0.795. The number of ether oxygens (including phenoxy) is 1. The van der Waals surface area contributed by atoms with Gasteiger partial charge in [-0.15, -0.1) is 0 Å². The predicted molar refractivity (Wildman–Crippen MR) is 104 cm³/mol. The van der Waals surface area contributed by atoms with Crippen molar-refractivity contribution in [2.45, 2.75) is 12.6 Å². The molecular weight excluding hydrogens is 344 g/mol. The summed E-state index contributed by atoms with van der Waals surface area (Å²) in [6.45, 7) is 4.10. The Labute approximate surface area is 159 Å². The molecule has 3 rings (SSSR count). The van der Waals surface area contributed by atoms with Crippen LogP contribution in [-0.4, -0.2) is 61.2 Å². The van der Waals surface area contributed by atoms with Gasteiger partial charge >= 0.3 is 0 Å². The van der Waals surface area contributed by atoms with Crippen molar-refractivity contribution in [2.75, 3.05) is 45.2 Å². The van der Waals surface area contributed by atoms with Gasteiger partial charge in [0.25, 0.3) is 5.91 Å². The molecule has 2 heterocycles. The first-order valence-electron chi connectivity index (χ1n) is 9.05. The number of hydrogen-bond donors (Lipinski definition) is 2. The summed E-state index contributed by atoms with van der Waals surface area (Å²) in [7, 11) is 3.68. The number of benzene rings is 1. The number of amides is 1. The number of hydrogen-bond acceptors (Lipinski definition) is 6. The largest absolute Gasteiger partial charge is 0.497 e. The van der Waals surface area contributed by atoms with Gasteiger partial charge in [0.1, 0.15) is 11.6 Å². The molecule has 0 saturated carbocycles. The Morgan fingerprint density at radius 2 is 1.93 bits per heavy atom. The molecule has 1 aromatic heterocycles. The molecular formula is C20H26N4O3. The predicted octanol–water partition coefficient (Wildman–Crippen LogP) is 1.19. The highest BCUT2D eigenvalue weighted by atomic mass is 16.5. The van der Waals surface area contributed by atoms with E-state index in [9.17, 15) is 9.90 Å². The Kier molecular flexibility index (Phi) is 6.26. The van der Waals surface area contributed by atoms with Crippen LogP contribution in [0.25, 0.3) is 0 Å². The van der Waals surface area contributed by atoms with Gasteiger partial charge in [-0.25, -0.2) is 4.98 Å². The molecule has 0 spiro atoms. The Hall–Kier alpha value is -2.64. The Balaban J connectivity index is 1.63. The summed E-state index contributed by atoms with van der Waals surface area (Å²) in [5.41, 5.74) is 1.47. The SMILES string of the molecule is COc1ccc([C@@H](O)C(=O)NCc2cccnc2N2CCN(C)CC2)cc1. The normalized spacial score (nSPS) is 16.0. The number of aromatic nitrogens is 1. The van der Waals surface area contributed by atoms with Gasteiger partial charge in [-0.05, 0) is 30.8 Å². The molecule has 1 atom stereocenters. The van der Waals surface area contributed by atoms with Gasteiger partial charge in [0, 0.05) is 44.5 Å². The second kappa shape index (κ2) is 8.83. The van der Waals surface area contributed by atoms with E-state index in [1.807, 2.05) is 12.1 Å². The summed E-state index contributed by atoms with van der Waals surface area (Å²) >= 11 is 0. The third kappa shape index (κ3) is 4.75. The molecule has 0 unspecified atom stereocenters. The number of nitrogens with one attached hydrogen (secondary N) is 1. The summed E-state index contributed by atoms with van der Waals surface area (Å²) in [6, 6.07) is 10.6. The fourth-order valence-electron chi connectivity index (χ4n) is 3.09. The number of carbonyl (C=O) groups excluding carboxylic acids is 1. The van der Waals surface area contributed by atoms with Crippen molar-refractivity contribution >= 4 is 11.7 Å². The van der Waals surface area contributed by atoms with Crippen LogP contribution < -0.4 is 15.0 Å². The van der Waals surface area contributed by atoms with Crippen LogP contribution in [0.4, 0.5) is 5.82 Å². The number of pyridine rings is 1. The number of methoxy groups -OCH3 is 1. The lowest BCUT2D eigenvalue weighted by molar-refractivity contribution is -0.129. The van der Waals surface area contributed by atoms with Gasteiger partial charge < -0.3 is 25.0 Å². The molecule has 1 amide bonds. The molecule has 1 aliphatic heterocycles. The molecule has 2 aromatic rings. The molecule has 1 aromatic carbocycles. The number of carbonyl (C=O) groups is 1. The first-order chi connectivity index (χ1) is 13.1. The number of rotatable bonds is 6. The minimum atomic E-state index is -1.22. The Morgan fingerprint density at radius 3 is 2.59 bits per heavy atom. The van der Waals surface area contributed by atoms with Gasteiger partial charge in [-0.1, -0.05) is 18.2 Å². The molecule has 0 bridgehead atoms. The summed E-state index contributed by atoms with van der Waals surface area (Å²) in [4.78, 5) is 21.4. The van der Waals surface area contributed by atoms with E-state index in [2.05, 4.69) is 27.1 Å². The molecule has 7 heteroatoms. The topological polar surface area (TPSA) is 77.9 Å². The zero-order valence-corrected chi connectivity index (χ0v) is 15.8. The fraction of sp³-hybridized carbons (Fsp3) is 0.400. The molecule has 0 radical (unpaired) electrons.